The van der Waals surface area contributed by atoms with Gasteiger partial charge in [-0.05, 0) is 51.6 Å². The summed E-state index contributed by atoms with van der Waals surface area (Å²) < 4.78 is 12.9. The van der Waals surface area contributed by atoms with Crippen LogP contribution in [0.25, 0.3) is 54.9 Å². The van der Waals surface area contributed by atoms with E-state index in [2.05, 4.69) is 128 Å². The number of hydrogen-bond acceptors (Lipinski definition) is 2. The molecule has 186 valence electrons. The van der Waals surface area contributed by atoms with Gasteiger partial charge in [0.15, 0.2) is 0 Å². The fraction of sp³-hybridized carbons (Fsp3) is 0.111. The lowest BCUT2D eigenvalue weighted by molar-refractivity contribution is 0.322. The number of methoxy groups -OCH3 is 1. The molecule has 0 atom stereocenters. The fourth-order valence-corrected chi connectivity index (χ4v) is 5.38. The van der Waals surface area contributed by atoms with Crippen molar-refractivity contribution in [1.29, 1.82) is 0 Å². The molecule has 0 N–H and O–H groups in total. The van der Waals surface area contributed by atoms with Gasteiger partial charge in [-0.3, -0.25) is 0 Å². The smallest absolute Gasteiger partial charge is 0.135 e. The fourth-order valence-electron chi connectivity index (χ4n) is 5.38. The van der Waals surface area contributed by atoms with Crippen LogP contribution in [0, 0.1) is 0 Å². The molecule has 0 aliphatic rings. The molecule has 6 rings (SSSR count). The average Bonchev–Trinajstić information content (AvgIpc) is 2.99. The zero-order valence-corrected chi connectivity index (χ0v) is 21.8. The summed E-state index contributed by atoms with van der Waals surface area (Å²) in [4.78, 5) is 0. The van der Waals surface area contributed by atoms with Crippen molar-refractivity contribution in [3.63, 3.8) is 0 Å². The minimum Gasteiger partial charge on any atom is -0.495 e. The van der Waals surface area contributed by atoms with Crippen LogP contribution in [0.2, 0.25) is 0 Å². The summed E-state index contributed by atoms with van der Waals surface area (Å²) in [6.07, 6.45) is 0.920. The Morgan fingerprint density at radius 1 is 0.526 bits per heavy atom. The topological polar surface area (TPSA) is 18.5 Å². The monoisotopic (exact) mass is 494 g/mol. The van der Waals surface area contributed by atoms with Crippen LogP contribution in [0.15, 0.2) is 121 Å². The summed E-state index contributed by atoms with van der Waals surface area (Å²) in [6.45, 7) is 2.78. The van der Waals surface area contributed by atoms with Gasteiger partial charge in [-0.25, -0.2) is 0 Å². The summed E-state index contributed by atoms with van der Waals surface area (Å²) in [6, 6.07) is 42.7. The summed E-state index contributed by atoms with van der Waals surface area (Å²) in [5.74, 6) is 1.75. The predicted molar refractivity (Wildman–Crippen MR) is 160 cm³/mol. The third-order valence-electron chi connectivity index (χ3n) is 7.08. The van der Waals surface area contributed by atoms with Crippen LogP contribution >= 0.6 is 0 Å². The van der Waals surface area contributed by atoms with E-state index in [0.29, 0.717) is 6.61 Å². The SMILES string of the molecule is CCCOc1c(-c2c(-c3ccccc3)cc3ccccc3c2OC)c(-c2ccccc2)cc2ccccc12. The van der Waals surface area contributed by atoms with Crippen LogP contribution < -0.4 is 9.47 Å². The van der Waals surface area contributed by atoms with Gasteiger partial charge >= 0.3 is 0 Å². The van der Waals surface area contributed by atoms with E-state index in [0.717, 1.165) is 72.8 Å². The number of benzene rings is 6. The van der Waals surface area contributed by atoms with Crippen LogP contribution in [0.4, 0.5) is 0 Å². The van der Waals surface area contributed by atoms with Crippen LogP contribution in [0.1, 0.15) is 13.3 Å². The van der Waals surface area contributed by atoms with Crippen LogP contribution in [0.3, 0.4) is 0 Å². The molecular weight excluding hydrogens is 464 g/mol. The molecule has 0 amide bonds. The number of rotatable bonds is 7. The van der Waals surface area contributed by atoms with Gasteiger partial charge in [-0.1, -0.05) is 116 Å². The Bertz CT molecular complexity index is 1720. The maximum Gasteiger partial charge on any atom is 0.135 e. The normalized spacial score (nSPS) is 11.1. The van der Waals surface area contributed by atoms with Gasteiger partial charge in [0.1, 0.15) is 11.5 Å². The molecule has 0 saturated carbocycles. The third-order valence-corrected chi connectivity index (χ3v) is 7.08. The van der Waals surface area contributed by atoms with Gasteiger partial charge in [0.2, 0.25) is 0 Å². The van der Waals surface area contributed by atoms with Crippen molar-refractivity contribution in [2.45, 2.75) is 13.3 Å². The van der Waals surface area contributed by atoms with Crippen molar-refractivity contribution >= 4 is 21.5 Å². The summed E-state index contributed by atoms with van der Waals surface area (Å²) in [7, 11) is 1.77. The van der Waals surface area contributed by atoms with E-state index in [-0.39, 0.29) is 0 Å². The first kappa shape index (κ1) is 23.8. The van der Waals surface area contributed by atoms with Crippen molar-refractivity contribution in [2.24, 2.45) is 0 Å². The standard InChI is InChI=1S/C36H30O2/c1-3-22-38-36-30-21-13-11-19-28(30)24-32(26-16-8-5-9-17-26)34(36)33-31(25-14-6-4-7-15-25)23-27-18-10-12-20-29(27)35(33)37-2/h4-21,23-24H,3,22H2,1-2H3. The molecule has 0 radical (unpaired) electrons. The van der Waals surface area contributed by atoms with Gasteiger partial charge in [-0.15, -0.1) is 0 Å². The average molecular weight is 495 g/mol. The highest BCUT2D eigenvalue weighted by atomic mass is 16.5. The highest BCUT2D eigenvalue weighted by Gasteiger charge is 2.25. The first-order valence-electron chi connectivity index (χ1n) is 13.2. The Hall–Kier alpha value is -4.56. The van der Waals surface area contributed by atoms with Crippen molar-refractivity contribution in [1.82, 2.24) is 0 Å². The molecule has 2 nitrogen and oxygen atoms in total. The zero-order chi connectivity index (χ0) is 25.9. The van der Waals surface area contributed by atoms with Gasteiger partial charge in [0.25, 0.3) is 0 Å². The molecule has 0 bridgehead atoms. The van der Waals surface area contributed by atoms with E-state index < -0.39 is 0 Å². The quantitative estimate of drug-likeness (QED) is 0.220. The molecule has 0 heterocycles. The van der Waals surface area contributed by atoms with Crippen LogP contribution in [-0.2, 0) is 0 Å². The summed E-state index contributed by atoms with van der Waals surface area (Å²) in [5, 5.41) is 4.48. The summed E-state index contributed by atoms with van der Waals surface area (Å²) >= 11 is 0. The molecule has 0 aliphatic heterocycles. The van der Waals surface area contributed by atoms with Crippen molar-refractivity contribution in [3.05, 3.63) is 121 Å². The molecule has 0 aromatic heterocycles. The maximum atomic E-state index is 6.66. The predicted octanol–water partition coefficient (Wildman–Crippen LogP) is 9.79. The van der Waals surface area contributed by atoms with Gasteiger partial charge in [0, 0.05) is 21.9 Å². The second kappa shape index (κ2) is 10.4. The Kier molecular flexibility index (Phi) is 6.54. The first-order chi connectivity index (χ1) is 18.8. The second-order valence-electron chi connectivity index (χ2n) is 9.48. The lowest BCUT2D eigenvalue weighted by Crippen LogP contribution is -2.02. The Balaban J connectivity index is 1.83. The van der Waals surface area contributed by atoms with E-state index in [1.807, 2.05) is 0 Å². The maximum absolute atomic E-state index is 6.66. The molecular formula is C36H30O2. The summed E-state index contributed by atoms with van der Waals surface area (Å²) in [5.41, 5.74) is 6.64. The third kappa shape index (κ3) is 4.18. The van der Waals surface area contributed by atoms with Gasteiger partial charge < -0.3 is 9.47 Å². The van der Waals surface area contributed by atoms with E-state index >= 15 is 0 Å². The van der Waals surface area contributed by atoms with E-state index in [1.54, 1.807) is 7.11 Å². The zero-order valence-electron chi connectivity index (χ0n) is 21.8. The molecule has 0 aliphatic carbocycles. The minimum atomic E-state index is 0.631. The largest absolute Gasteiger partial charge is 0.495 e. The van der Waals surface area contributed by atoms with Gasteiger partial charge in [-0.2, -0.15) is 0 Å². The van der Waals surface area contributed by atoms with E-state index in [4.69, 9.17) is 9.47 Å². The van der Waals surface area contributed by atoms with E-state index in [1.165, 1.54) is 0 Å². The molecule has 6 aromatic carbocycles. The molecule has 0 saturated heterocycles. The highest BCUT2D eigenvalue weighted by molar-refractivity contribution is 6.11. The lowest BCUT2D eigenvalue weighted by atomic mass is 9.84. The molecule has 0 unspecified atom stereocenters. The lowest BCUT2D eigenvalue weighted by Gasteiger charge is -2.24. The Morgan fingerprint density at radius 2 is 0.974 bits per heavy atom. The number of hydrogen-bond donors (Lipinski definition) is 0. The minimum absolute atomic E-state index is 0.631. The Labute approximate surface area is 224 Å². The molecule has 38 heavy (non-hydrogen) atoms. The molecule has 6 aromatic rings. The highest BCUT2D eigenvalue weighted by Crippen LogP contribution is 2.52. The number of ether oxygens (including phenoxy) is 2. The van der Waals surface area contributed by atoms with Crippen molar-refractivity contribution in [3.8, 4) is 44.9 Å². The Morgan fingerprint density at radius 3 is 1.47 bits per heavy atom. The van der Waals surface area contributed by atoms with Crippen LogP contribution in [0.5, 0.6) is 11.5 Å². The second-order valence-corrected chi connectivity index (χ2v) is 9.48. The van der Waals surface area contributed by atoms with Gasteiger partial charge in [0.05, 0.1) is 13.7 Å². The molecule has 0 spiro atoms. The molecule has 0 fully saturated rings. The molecule has 2 heteroatoms. The van der Waals surface area contributed by atoms with Crippen molar-refractivity contribution < 1.29 is 9.47 Å². The van der Waals surface area contributed by atoms with E-state index in [9.17, 15) is 0 Å². The van der Waals surface area contributed by atoms with Crippen molar-refractivity contribution in [2.75, 3.05) is 13.7 Å². The first-order valence-corrected chi connectivity index (χ1v) is 13.2. The number of fused-ring (bicyclic) bond motifs is 2. The van der Waals surface area contributed by atoms with Crippen LogP contribution in [-0.4, -0.2) is 13.7 Å².